The van der Waals surface area contributed by atoms with Gasteiger partial charge in [0, 0.05) is 39.8 Å². The Hall–Kier alpha value is -3.56. The summed E-state index contributed by atoms with van der Waals surface area (Å²) in [5.41, 5.74) is 1.52. The van der Waals surface area contributed by atoms with E-state index in [0.717, 1.165) is 11.8 Å². The monoisotopic (exact) mass is 485 g/mol. The first-order valence-electron chi connectivity index (χ1n) is 9.83. The number of aromatic nitrogens is 2. The molecule has 0 unspecified atom stereocenters. The Morgan fingerprint density at radius 2 is 1.94 bits per heavy atom. The van der Waals surface area contributed by atoms with Crippen LogP contribution in [0, 0.1) is 0 Å². The number of nitrogens with zero attached hydrogens (tertiary/aromatic N) is 1. The van der Waals surface area contributed by atoms with Gasteiger partial charge in [0.1, 0.15) is 11.4 Å². The molecule has 0 saturated carbocycles. The summed E-state index contributed by atoms with van der Waals surface area (Å²) in [5.74, 6) is -0.222. The summed E-state index contributed by atoms with van der Waals surface area (Å²) in [7, 11) is -2.32. The van der Waals surface area contributed by atoms with E-state index in [4.69, 9.17) is 16.3 Å². The second-order valence-electron chi connectivity index (χ2n) is 7.44. The lowest BCUT2D eigenvalue weighted by atomic mass is 10.0. The van der Waals surface area contributed by atoms with Crippen LogP contribution in [-0.4, -0.2) is 37.2 Å². The van der Waals surface area contributed by atoms with E-state index in [1.54, 1.807) is 48.1 Å². The number of benzene rings is 2. The number of nitrogens with one attached hydrogen (secondary N) is 2. The van der Waals surface area contributed by atoms with Crippen molar-refractivity contribution in [2.75, 3.05) is 13.4 Å². The van der Waals surface area contributed by atoms with Crippen molar-refractivity contribution < 1.29 is 17.9 Å². The predicted octanol–water partition coefficient (Wildman–Crippen LogP) is 3.40. The lowest BCUT2D eigenvalue weighted by Crippen LogP contribution is -2.31. The molecule has 170 valence electrons. The highest BCUT2D eigenvalue weighted by Crippen LogP contribution is 2.36. The van der Waals surface area contributed by atoms with Gasteiger partial charge >= 0.3 is 0 Å². The summed E-state index contributed by atoms with van der Waals surface area (Å²) < 4.78 is 32.8. The van der Waals surface area contributed by atoms with E-state index in [1.807, 2.05) is 22.9 Å². The van der Waals surface area contributed by atoms with Gasteiger partial charge in [0.2, 0.25) is 10.0 Å². The Kier molecular flexibility index (Phi) is 6.01. The third-order valence-electron chi connectivity index (χ3n) is 5.08. The van der Waals surface area contributed by atoms with Crippen molar-refractivity contribution in [1.82, 2.24) is 14.3 Å². The first kappa shape index (κ1) is 22.6. The molecule has 33 heavy (non-hydrogen) atoms. The van der Waals surface area contributed by atoms with Gasteiger partial charge in [-0.3, -0.25) is 9.59 Å². The number of rotatable bonds is 6. The lowest BCUT2D eigenvalue weighted by molar-refractivity contribution is 0.0974. The number of carbonyl (C=O) groups excluding carboxylic acids is 1. The van der Waals surface area contributed by atoms with Crippen LogP contribution in [0.3, 0.4) is 0 Å². The van der Waals surface area contributed by atoms with Gasteiger partial charge in [0.15, 0.2) is 0 Å². The van der Waals surface area contributed by atoms with E-state index >= 15 is 0 Å². The van der Waals surface area contributed by atoms with Crippen molar-refractivity contribution in [3.05, 3.63) is 87.4 Å². The van der Waals surface area contributed by atoms with Crippen LogP contribution in [0.4, 0.5) is 0 Å². The van der Waals surface area contributed by atoms with Crippen LogP contribution in [0.5, 0.6) is 5.75 Å². The summed E-state index contributed by atoms with van der Waals surface area (Å²) >= 11 is 6.26. The number of aromatic amines is 1. The molecule has 0 aliphatic heterocycles. The van der Waals surface area contributed by atoms with E-state index in [-0.39, 0.29) is 17.8 Å². The van der Waals surface area contributed by atoms with Crippen LogP contribution in [0.1, 0.15) is 16.1 Å². The van der Waals surface area contributed by atoms with Crippen molar-refractivity contribution in [2.24, 2.45) is 0 Å². The molecule has 2 aromatic heterocycles. The van der Waals surface area contributed by atoms with E-state index in [1.165, 1.54) is 6.20 Å². The van der Waals surface area contributed by atoms with E-state index in [0.29, 0.717) is 27.2 Å². The van der Waals surface area contributed by atoms with Gasteiger partial charge in [-0.2, -0.15) is 0 Å². The molecule has 1 amide bonds. The molecule has 0 atom stereocenters. The van der Waals surface area contributed by atoms with Crippen molar-refractivity contribution >= 4 is 38.4 Å². The first-order chi connectivity index (χ1) is 15.7. The van der Waals surface area contributed by atoms with Crippen LogP contribution >= 0.6 is 11.6 Å². The maximum absolute atomic E-state index is 13.3. The summed E-state index contributed by atoms with van der Waals surface area (Å²) in [6.45, 7) is 0.215. The van der Waals surface area contributed by atoms with Crippen LogP contribution in [0.25, 0.3) is 22.0 Å². The minimum absolute atomic E-state index is 0.0252. The van der Waals surface area contributed by atoms with E-state index in [9.17, 15) is 18.0 Å². The number of halogens is 1. The number of hydrogen-bond donors (Lipinski definition) is 2. The van der Waals surface area contributed by atoms with Crippen LogP contribution in [0.15, 0.2) is 65.6 Å². The molecule has 4 aromatic rings. The summed E-state index contributed by atoms with van der Waals surface area (Å²) in [5, 5.41) is 0.949. The Morgan fingerprint density at radius 1 is 1.15 bits per heavy atom. The maximum Gasteiger partial charge on any atom is 0.282 e. The number of methoxy groups -OCH3 is 1. The smallest absolute Gasteiger partial charge is 0.282 e. The first-order valence-corrected chi connectivity index (χ1v) is 12.1. The van der Waals surface area contributed by atoms with Gasteiger partial charge < -0.3 is 14.3 Å². The molecule has 2 N–H and O–H groups in total. The largest absolute Gasteiger partial charge is 0.497 e. The molecule has 0 aliphatic rings. The molecular weight excluding hydrogens is 466 g/mol. The predicted molar refractivity (Wildman–Crippen MR) is 127 cm³/mol. The molecule has 0 aliphatic carbocycles. The Balaban J connectivity index is 2.07. The SMILES string of the molecule is COc1cccc(Cn2c(C(=O)NS(C)(=O)=O)c(-c3ccc[nH]c3=O)c3cc(Cl)ccc32)c1. The number of sulfonamides is 1. The molecule has 2 heterocycles. The standard InChI is InChI=1S/C23H20ClN3O5S/c1-32-16-6-3-5-14(11-16)13-27-19-9-8-15(24)12-18(19)20(17-7-4-10-25-22(17)28)21(27)23(29)26-33(2,30)31/h3-12H,13H2,1-2H3,(H,25,28)(H,26,29). The minimum Gasteiger partial charge on any atom is -0.497 e. The average Bonchev–Trinajstić information content (AvgIpc) is 3.06. The second kappa shape index (κ2) is 8.76. The highest BCUT2D eigenvalue weighted by atomic mass is 35.5. The second-order valence-corrected chi connectivity index (χ2v) is 9.62. The molecule has 0 fully saturated rings. The summed E-state index contributed by atoms with van der Waals surface area (Å²) in [4.78, 5) is 28.6. The van der Waals surface area contributed by atoms with Crippen molar-refractivity contribution in [1.29, 1.82) is 0 Å². The third-order valence-corrected chi connectivity index (χ3v) is 5.87. The fourth-order valence-electron chi connectivity index (χ4n) is 3.79. The quantitative estimate of drug-likeness (QED) is 0.435. The van der Waals surface area contributed by atoms with Crippen LogP contribution in [0.2, 0.25) is 5.02 Å². The van der Waals surface area contributed by atoms with Gasteiger partial charge in [-0.15, -0.1) is 0 Å². The zero-order valence-corrected chi connectivity index (χ0v) is 19.3. The van der Waals surface area contributed by atoms with Gasteiger partial charge in [-0.25, -0.2) is 13.1 Å². The van der Waals surface area contributed by atoms with Crippen molar-refractivity contribution in [3.8, 4) is 16.9 Å². The number of ether oxygens (including phenoxy) is 1. The van der Waals surface area contributed by atoms with Gasteiger partial charge in [0.25, 0.3) is 11.5 Å². The topological polar surface area (TPSA) is 110 Å². The highest BCUT2D eigenvalue weighted by molar-refractivity contribution is 7.89. The molecule has 10 heteroatoms. The van der Waals surface area contributed by atoms with Crippen LogP contribution < -0.4 is 15.0 Å². The van der Waals surface area contributed by atoms with Crippen molar-refractivity contribution in [2.45, 2.75) is 6.54 Å². The molecular formula is C23H20ClN3O5S. The zero-order chi connectivity index (χ0) is 23.8. The summed E-state index contributed by atoms with van der Waals surface area (Å²) in [6, 6.07) is 15.5. The maximum atomic E-state index is 13.3. The highest BCUT2D eigenvalue weighted by Gasteiger charge is 2.27. The third kappa shape index (κ3) is 4.64. The Bertz CT molecular complexity index is 1540. The fourth-order valence-corrected chi connectivity index (χ4v) is 4.39. The molecule has 0 spiro atoms. The number of amides is 1. The molecule has 4 rings (SSSR count). The van der Waals surface area contributed by atoms with Gasteiger partial charge in [0.05, 0.1) is 13.4 Å². The zero-order valence-electron chi connectivity index (χ0n) is 17.8. The van der Waals surface area contributed by atoms with Gasteiger partial charge in [-0.1, -0.05) is 23.7 Å². The lowest BCUT2D eigenvalue weighted by Gasteiger charge is -2.13. The Morgan fingerprint density at radius 3 is 2.64 bits per heavy atom. The number of carbonyl (C=O) groups is 1. The van der Waals surface area contributed by atoms with E-state index < -0.39 is 21.5 Å². The molecule has 0 radical (unpaired) electrons. The number of H-pyrrole nitrogens is 1. The summed E-state index contributed by atoms with van der Waals surface area (Å²) in [6.07, 6.45) is 2.37. The number of hydrogen-bond acceptors (Lipinski definition) is 5. The van der Waals surface area contributed by atoms with Crippen LogP contribution in [-0.2, 0) is 16.6 Å². The fraction of sp³-hybridized carbons (Fsp3) is 0.130. The molecule has 0 bridgehead atoms. The number of pyridine rings is 1. The molecule has 0 saturated heterocycles. The van der Waals surface area contributed by atoms with Crippen molar-refractivity contribution in [3.63, 3.8) is 0 Å². The molecule has 8 nitrogen and oxygen atoms in total. The Labute approximate surface area is 194 Å². The number of fused-ring (bicyclic) bond motifs is 1. The average molecular weight is 486 g/mol. The van der Waals surface area contributed by atoms with Gasteiger partial charge in [-0.05, 0) is 48.0 Å². The minimum atomic E-state index is -3.87. The molecule has 2 aromatic carbocycles. The van der Waals surface area contributed by atoms with E-state index in [2.05, 4.69) is 4.98 Å². The normalized spacial score (nSPS) is 11.5.